The first-order valence-electron chi connectivity index (χ1n) is 24.8. The number of cyclic esters (lactones) is 1. The molecule has 0 aliphatic carbocycles. The van der Waals surface area contributed by atoms with Crippen molar-refractivity contribution in [2.24, 2.45) is 23.5 Å². The molecule has 0 spiro atoms. The molecule has 21 heteroatoms. The van der Waals surface area contributed by atoms with E-state index in [0.29, 0.717) is 0 Å². The highest BCUT2D eigenvalue weighted by Gasteiger charge is 2.51. The monoisotopic (exact) mass is 1030 g/mol. The van der Waals surface area contributed by atoms with E-state index in [1.807, 2.05) is 49.5 Å². The third-order valence-corrected chi connectivity index (χ3v) is 12.7. The third-order valence-electron chi connectivity index (χ3n) is 12.7. The molecule has 2 fully saturated rings. The Labute approximate surface area is 422 Å². The van der Waals surface area contributed by atoms with Crippen molar-refractivity contribution in [1.29, 1.82) is 0 Å². The Hall–Kier alpha value is -3.75. The van der Waals surface area contributed by atoms with Gasteiger partial charge in [-0.05, 0) is 52.4 Å². The summed E-state index contributed by atoms with van der Waals surface area (Å²) in [5.74, 6) is -6.65. The van der Waals surface area contributed by atoms with Crippen LogP contribution in [0.25, 0.3) is 0 Å². The van der Waals surface area contributed by atoms with Crippen LogP contribution in [-0.4, -0.2) is 190 Å². The lowest BCUT2D eigenvalue weighted by atomic mass is 9.82. The number of carboxylic acids is 1. The van der Waals surface area contributed by atoms with Crippen LogP contribution in [0.2, 0.25) is 0 Å². The molecule has 0 unspecified atom stereocenters. The van der Waals surface area contributed by atoms with Crippen molar-refractivity contribution in [1.82, 2.24) is 5.32 Å². The number of ether oxygens (including phenoxy) is 4. The second kappa shape index (κ2) is 33.2. The first kappa shape index (κ1) is 64.4. The molecule has 412 valence electrons. The number of hydrogen-bond acceptors (Lipinski definition) is 19. The van der Waals surface area contributed by atoms with Gasteiger partial charge in [-0.25, -0.2) is 0 Å². The molecule has 3 rings (SSSR count). The first-order chi connectivity index (χ1) is 33.9. The van der Waals surface area contributed by atoms with Gasteiger partial charge in [0, 0.05) is 44.6 Å². The predicted molar refractivity (Wildman–Crippen MR) is 263 cm³/mol. The van der Waals surface area contributed by atoms with Crippen molar-refractivity contribution in [3.63, 3.8) is 0 Å². The summed E-state index contributed by atoms with van der Waals surface area (Å²) in [5, 5.41) is 129. The van der Waals surface area contributed by atoms with E-state index >= 15 is 0 Å². The van der Waals surface area contributed by atoms with Gasteiger partial charge in [0.25, 0.3) is 5.97 Å². The number of allylic oxidation sites excluding steroid dienone is 10. The molecule has 2 saturated heterocycles. The fourth-order valence-corrected chi connectivity index (χ4v) is 8.43. The van der Waals surface area contributed by atoms with Gasteiger partial charge in [-0.2, -0.15) is 0 Å². The number of nitrogens with one attached hydrogen (secondary N) is 1. The average Bonchev–Trinajstić information content (AvgIpc) is 3.29. The van der Waals surface area contributed by atoms with E-state index < -0.39 is 153 Å². The van der Waals surface area contributed by atoms with Crippen LogP contribution in [0.5, 0.6) is 0 Å². The molecule has 0 aromatic heterocycles. The van der Waals surface area contributed by atoms with Gasteiger partial charge in [-0.1, -0.05) is 86.8 Å². The minimum absolute atomic E-state index is 0.132. The molecular formula is C51H84N2O19. The average molecular weight is 1030 g/mol. The lowest BCUT2D eigenvalue weighted by molar-refractivity contribution is -0.308. The highest BCUT2D eigenvalue weighted by Crippen LogP contribution is 2.38. The number of nitrogens with two attached hydrogens (primary N) is 1. The second-order valence-corrected chi connectivity index (χ2v) is 19.0. The number of amides is 1. The van der Waals surface area contributed by atoms with Crippen LogP contribution in [0.3, 0.4) is 0 Å². The first-order valence-corrected chi connectivity index (χ1v) is 24.8. The van der Waals surface area contributed by atoms with E-state index in [1.165, 1.54) is 0 Å². The van der Waals surface area contributed by atoms with E-state index in [-0.39, 0.29) is 44.6 Å². The van der Waals surface area contributed by atoms with Crippen molar-refractivity contribution < 1.29 is 94.6 Å². The van der Waals surface area contributed by atoms with E-state index in [0.717, 1.165) is 19.8 Å². The SMILES string of the molecule is CC(=O)O.C[C@@H]1[C@H](O)[C@@H](C)/C=C\C=C/CC\C=C/C=C\C=C/C=C/[C@H](O[C@@H]2O[C@H](C)[C@@H](O)[C@H](N)[C@@H]2O)C[C@@H]2O[C@](O)(C[C@@H](O)[C@H](O)CC[C@@H](O)C[C@@H](O)C[C@@H](O)CC(=O)O[C@H]1C)C[C@H](O)[C@H]2C(=O)NCCO. The zero-order valence-electron chi connectivity index (χ0n) is 42.1. The van der Waals surface area contributed by atoms with Gasteiger partial charge < -0.3 is 91.3 Å². The second-order valence-electron chi connectivity index (χ2n) is 19.0. The summed E-state index contributed by atoms with van der Waals surface area (Å²) in [6.45, 7) is 7.32. The van der Waals surface area contributed by atoms with Gasteiger partial charge in [0.15, 0.2) is 12.1 Å². The highest BCUT2D eigenvalue weighted by molar-refractivity contribution is 5.80. The molecular weight excluding hydrogens is 945 g/mol. The number of fused-ring (bicyclic) bond motifs is 2. The summed E-state index contributed by atoms with van der Waals surface area (Å²) in [6.07, 6.45) is 2.96. The topological polar surface area (TPSA) is 369 Å². The number of carbonyl (C=O) groups excluding carboxylic acids is 2. The van der Waals surface area contributed by atoms with Gasteiger partial charge in [0.1, 0.15) is 12.2 Å². The predicted octanol–water partition coefficient (Wildman–Crippen LogP) is 0.0505. The molecule has 0 aromatic carbocycles. The minimum Gasteiger partial charge on any atom is -0.481 e. The van der Waals surface area contributed by atoms with Crippen LogP contribution >= 0.6 is 0 Å². The summed E-state index contributed by atoms with van der Waals surface area (Å²) in [4.78, 5) is 35.1. The Morgan fingerprint density at radius 3 is 1.94 bits per heavy atom. The van der Waals surface area contributed by atoms with Gasteiger partial charge in [-0.3, -0.25) is 14.4 Å². The molecule has 2 bridgehead atoms. The number of aliphatic carboxylic acids is 1. The molecule has 0 radical (unpaired) electrons. The highest BCUT2D eigenvalue weighted by atomic mass is 16.7. The molecule has 1 amide bonds. The lowest BCUT2D eigenvalue weighted by Crippen LogP contribution is -2.62. The van der Waals surface area contributed by atoms with E-state index in [9.17, 15) is 65.8 Å². The number of carboxylic acid groups (broad SMARTS) is 1. The molecule has 0 saturated carbocycles. The lowest BCUT2D eigenvalue weighted by Gasteiger charge is -2.46. The third kappa shape index (κ3) is 23.6. The summed E-state index contributed by atoms with van der Waals surface area (Å²) < 4.78 is 23.5. The summed E-state index contributed by atoms with van der Waals surface area (Å²) in [7, 11) is 0. The van der Waals surface area contributed by atoms with Crippen LogP contribution in [0.15, 0.2) is 72.9 Å². The van der Waals surface area contributed by atoms with E-state index in [1.54, 1.807) is 51.2 Å². The van der Waals surface area contributed by atoms with Crippen LogP contribution in [-0.2, 0) is 33.3 Å². The molecule has 21 nitrogen and oxygen atoms in total. The number of rotatable bonds is 5. The van der Waals surface area contributed by atoms with Gasteiger partial charge in [-0.15, -0.1) is 0 Å². The standard InChI is InChI=1S/C49H80N2O17.C2H4O2/c1-29-17-15-13-11-9-7-5-6-8-10-12-14-16-18-36(67-48-46(62)43(50)45(61)32(4)66-48)26-40-42(47(63)51-21-22-52)39(58)28-49(64,68-40)27-38(57)37(56)20-19-33(53)23-34(54)24-35(55)25-41(59)65-31(3)30(2)44(29)60;1-2(3)4/h5-6,8,10-18,29-40,42-46,48,52-58,60-62,64H,7,9,19-28,50H2,1-4H3,(H,51,63);1H3,(H,3,4)/b6-5-,10-8-,13-11-,14-12-,17-15-,18-16+;/t29-,30-,31-,32+,33+,34+,35+,36-,37+,38+,39-,40-,42+,43-,44+,45+,46-,48-,49+;/m0./s1. The van der Waals surface area contributed by atoms with Crippen molar-refractivity contribution in [2.45, 2.75) is 196 Å². The molecule has 72 heavy (non-hydrogen) atoms. The zero-order valence-corrected chi connectivity index (χ0v) is 42.1. The summed E-state index contributed by atoms with van der Waals surface area (Å²) in [6, 6.07) is -1.14. The number of aliphatic hydroxyl groups is 11. The van der Waals surface area contributed by atoms with E-state index in [2.05, 4.69) is 5.32 Å². The van der Waals surface area contributed by atoms with Crippen molar-refractivity contribution in [2.75, 3.05) is 13.2 Å². The maximum absolute atomic E-state index is 13.5. The van der Waals surface area contributed by atoms with Gasteiger partial charge >= 0.3 is 5.97 Å². The molecule has 15 N–H and O–H groups in total. The maximum Gasteiger partial charge on any atom is 0.308 e. The fourth-order valence-electron chi connectivity index (χ4n) is 8.43. The zero-order chi connectivity index (χ0) is 54.1. The fraction of sp³-hybridized carbons (Fsp3) is 0.706. The smallest absolute Gasteiger partial charge is 0.308 e. The number of aliphatic hydroxyl groups excluding tert-OH is 10. The van der Waals surface area contributed by atoms with Crippen molar-refractivity contribution >= 4 is 17.8 Å². The Bertz CT molecular complexity index is 1770. The van der Waals surface area contributed by atoms with Gasteiger partial charge in [0.2, 0.25) is 5.91 Å². The van der Waals surface area contributed by atoms with Crippen LogP contribution < -0.4 is 11.1 Å². The van der Waals surface area contributed by atoms with Crippen molar-refractivity contribution in [3.8, 4) is 0 Å². The van der Waals surface area contributed by atoms with Crippen LogP contribution in [0.1, 0.15) is 98.8 Å². The molecule has 3 heterocycles. The summed E-state index contributed by atoms with van der Waals surface area (Å²) >= 11 is 0. The number of esters is 1. The largest absolute Gasteiger partial charge is 0.481 e. The maximum atomic E-state index is 13.5. The van der Waals surface area contributed by atoms with Crippen molar-refractivity contribution in [3.05, 3.63) is 72.9 Å². The Morgan fingerprint density at radius 2 is 1.31 bits per heavy atom. The van der Waals surface area contributed by atoms with Gasteiger partial charge in [0.05, 0.1) is 92.1 Å². The Morgan fingerprint density at radius 1 is 0.736 bits per heavy atom. The molecule has 19 atom stereocenters. The summed E-state index contributed by atoms with van der Waals surface area (Å²) in [5.41, 5.74) is 6.07. The molecule has 3 aliphatic heterocycles. The Balaban J connectivity index is 0.00000427. The molecule has 3 aliphatic rings. The Kier molecular flexibility index (Phi) is 29.7. The minimum atomic E-state index is -2.32. The van der Waals surface area contributed by atoms with Crippen LogP contribution in [0, 0.1) is 17.8 Å². The quantitative estimate of drug-likeness (QED) is 0.162. The normalized spacial score (nSPS) is 41.7. The molecule has 0 aromatic rings. The van der Waals surface area contributed by atoms with Crippen LogP contribution in [0.4, 0.5) is 0 Å². The number of carbonyl (C=O) groups is 3. The van der Waals surface area contributed by atoms with E-state index in [4.69, 9.17) is 34.6 Å². The number of hydrogen-bond donors (Lipinski definition) is 14.